The van der Waals surface area contributed by atoms with Gasteiger partial charge in [0.15, 0.2) is 0 Å². The Kier molecular flexibility index (Phi) is 3.87. The molecule has 3 aromatic rings. The highest BCUT2D eigenvalue weighted by atomic mass is 35.5. The maximum absolute atomic E-state index is 12.6. The summed E-state index contributed by atoms with van der Waals surface area (Å²) in [5.41, 5.74) is 3.55. The zero-order chi connectivity index (χ0) is 16.7. The van der Waals surface area contributed by atoms with Crippen LogP contribution >= 0.6 is 11.6 Å². The molecular formula is C18H17ClN2O2S. The lowest BCUT2D eigenvalue weighted by Gasteiger charge is -2.23. The van der Waals surface area contributed by atoms with E-state index in [4.69, 9.17) is 11.6 Å². The minimum absolute atomic E-state index is 0.110. The third kappa shape index (κ3) is 2.83. The third-order valence-electron chi connectivity index (χ3n) is 4.52. The molecule has 1 aromatic heterocycles. The number of fused-ring (bicyclic) bond motifs is 3. The van der Waals surface area contributed by atoms with Crippen molar-refractivity contribution < 1.29 is 8.42 Å². The molecule has 124 valence electrons. The van der Waals surface area contributed by atoms with Crippen LogP contribution in [-0.2, 0) is 22.9 Å². The number of hydrogen-bond acceptors (Lipinski definition) is 2. The summed E-state index contributed by atoms with van der Waals surface area (Å²) >= 11 is 5.91. The first-order valence-corrected chi connectivity index (χ1v) is 9.75. The van der Waals surface area contributed by atoms with Gasteiger partial charge in [0.1, 0.15) is 0 Å². The number of sulfonamides is 1. The van der Waals surface area contributed by atoms with Crippen molar-refractivity contribution in [1.29, 1.82) is 0 Å². The van der Waals surface area contributed by atoms with Crippen LogP contribution in [-0.4, -0.2) is 19.4 Å². The molecule has 0 saturated carbocycles. The molecule has 2 N–H and O–H groups in total. The van der Waals surface area contributed by atoms with Gasteiger partial charge < -0.3 is 4.98 Å². The summed E-state index contributed by atoms with van der Waals surface area (Å²) in [7, 11) is -3.57. The molecule has 2 aromatic carbocycles. The Hall–Kier alpha value is -1.82. The lowest BCUT2D eigenvalue weighted by Crippen LogP contribution is -2.38. The summed E-state index contributed by atoms with van der Waals surface area (Å²) in [6.07, 6.45) is 2.31. The Balaban J connectivity index is 1.61. The van der Waals surface area contributed by atoms with Crippen LogP contribution in [0.5, 0.6) is 0 Å². The van der Waals surface area contributed by atoms with E-state index in [1.54, 1.807) is 18.2 Å². The maximum atomic E-state index is 12.6. The fourth-order valence-corrected chi connectivity index (χ4v) is 4.96. The van der Waals surface area contributed by atoms with E-state index in [0.717, 1.165) is 18.4 Å². The van der Waals surface area contributed by atoms with E-state index in [0.29, 0.717) is 11.4 Å². The van der Waals surface area contributed by atoms with E-state index in [9.17, 15) is 8.42 Å². The molecule has 4 rings (SSSR count). The van der Waals surface area contributed by atoms with Crippen LogP contribution in [0.1, 0.15) is 17.7 Å². The fraction of sp³-hybridized carbons (Fsp3) is 0.222. The number of rotatable bonds is 3. The number of hydrogen-bond donors (Lipinski definition) is 2. The van der Waals surface area contributed by atoms with Crippen molar-refractivity contribution in [2.45, 2.75) is 30.2 Å². The Morgan fingerprint density at radius 2 is 1.96 bits per heavy atom. The number of aryl methyl sites for hydroxylation is 1. The minimum atomic E-state index is -3.57. The maximum Gasteiger partial charge on any atom is 0.240 e. The molecule has 1 unspecified atom stereocenters. The molecule has 1 heterocycles. The average molecular weight is 361 g/mol. The van der Waals surface area contributed by atoms with Gasteiger partial charge in [0.25, 0.3) is 0 Å². The minimum Gasteiger partial charge on any atom is -0.358 e. The largest absolute Gasteiger partial charge is 0.358 e. The molecule has 0 bridgehead atoms. The van der Waals surface area contributed by atoms with E-state index < -0.39 is 10.0 Å². The van der Waals surface area contributed by atoms with Gasteiger partial charge in [-0.25, -0.2) is 13.1 Å². The zero-order valence-electron chi connectivity index (χ0n) is 12.9. The molecule has 0 amide bonds. The highest BCUT2D eigenvalue weighted by Crippen LogP contribution is 2.29. The summed E-state index contributed by atoms with van der Waals surface area (Å²) in [6, 6.07) is 14.4. The second-order valence-corrected chi connectivity index (χ2v) is 8.30. The summed E-state index contributed by atoms with van der Waals surface area (Å²) in [5.74, 6) is 0. The molecule has 6 heteroatoms. The number of aromatic amines is 1. The summed E-state index contributed by atoms with van der Waals surface area (Å²) in [6.45, 7) is 0. The molecule has 1 aliphatic carbocycles. The van der Waals surface area contributed by atoms with Crippen LogP contribution in [0.25, 0.3) is 10.9 Å². The van der Waals surface area contributed by atoms with E-state index >= 15 is 0 Å². The topological polar surface area (TPSA) is 62.0 Å². The third-order valence-corrected chi connectivity index (χ3v) is 6.28. The Labute approximate surface area is 145 Å². The summed E-state index contributed by atoms with van der Waals surface area (Å²) in [5, 5.41) is 1.60. The predicted octanol–water partition coefficient (Wildman–Crippen LogP) is 3.66. The first-order valence-electron chi connectivity index (χ1n) is 7.89. The van der Waals surface area contributed by atoms with Gasteiger partial charge in [-0.15, -0.1) is 0 Å². The molecule has 0 spiro atoms. The zero-order valence-corrected chi connectivity index (χ0v) is 14.5. The fourth-order valence-electron chi connectivity index (χ4n) is 3.39. The van der Waals surface area contributed by atoms with Gasteiger partial charge in [-0.3, -0.25) is 0 Å². The van der Waals surface area contributed by atoms with Gasteiger partial charge in [-0.1, -0.05) is 35.9 Å². The lowest BCUT2D eigenvalue weighted by molar-refractivity contribution is 0.506. The van der Waals surface area contributed by atoms with Crippen molar-refractivity contribution in [2.24, 2.45) is 0 Å². The van der Waals surface area contributed by atoms with Crippen molar-refractivity contribution in [3.05, 3.63) is 64.8 Å². The summed E-state index contributed by atoms with van der Waals surface area (Å²) < 4.78 is 28.0. The van der Waals surface area contributed by atoms with Crippen LogP contribution in [0.2, 0.25) is 5.02 Å². The molecule has 0 radical (unpaired) electrons. The average Bonchev–Trinajstić information content (AvgIpc) is 2.93. The van der Waals surface area contributed by atoms with Gasteiger partial charge in [0, 0.05) is 27.7 Å². The quantitative estimate of drug-likeness (QED) is 0.748. The standard InChI is InChI=1S/C18H17ClN2O2S/c19-12-4-3-5-14(10-12)24(22,23)21-13-8-9-18-16(11-13)15-6-1-2-7-17(15)20-18/h1-7,10,13,20-21H,8-9,11H2. The number of H-pyrrole nitrogens is 1. The smallest absolute Gasteiger partial charge is 0.240 e. The summed E-state index contributed by atoms with van der Waals surface area (Å²) in [4.78, 5) is 3.65. The number of halogens is 1. The van der Waals surface area contributed by atoms with Crippen molar-refractivity contribution in [1.82, 2.24) is 9.71 Å². The predicted molar refractivity (Wildman–Crippen MR) is 95.9 cm³/mol. The van der Waals surface area contributed by atoms with Crippen LogP contribution in [0.15, 0.2) is 53.4 Å². The molecule has 0 aliphatic heterocycles. The monoisotopic (exact) mass is 360 g/mol. The van der Waals surface area contributed by atoms with Crippen molar-refractivity contribution >= 4 is 32.5 Å². The number of benzene rings is 2. The molecule has 0 fully saturated rings. The molecular weight excluding hydrogens is 344 g/mol. The van der Waals surface area contributed by atoms with Crippen LogP contribution in [0.3, 0.4) is 0 Å². The number of para-hydroxylation sites is 1. The molecule has 0 saturated heterocycles. The van der Waals surface area contributed by atoms with Gasteiger partial charge in [0.05, 0.1) is 4.90 Å². The van der Waals surface area contributed by atoms with E-state index in [1.165, 1.54) is 22.7 Å². The molecule has 1 atom stereocenters. The SMILES string of the molecule is O=S(=O)(NC1CCc2[nH]c3ccccc3c2C1)c1cccc(Cl)c1. The Morgan fingerprint density at radius 1 is 1.12 bits per heavy atom. The first-order chi connectivity index (χ1) is 11.5. The molecule has 24 heavy (non-hydrogen) atoms. The second kappa shape index (κ2) is 5.92. The van der Waals surface area contributed by atoms with Crippen molar-refractivity contribution in [2.75, 3.05) is 0 Å². The molecule has 1 aliphatic rings. The van der Waals surface area contributed by atoms with Crippen LogP contribution in [0, 0.1) is 0 Å². The van der Waals surface area contributed by atoms with Crippen LogP contribution < -0.4 is 4.72 Å². The van der Waals surface area contributed by atoms with Gasteiger partial charge in [-0.05, 0) is 49.1 Å². The van der Waals surface area contributed by atoms with E-state index in [-0.39, 0.29) is 10.9 Å². The highest BCUT2D eigenvalue weighted by Gasteiger charge is 2.26. The van der Waals surface area contributed by atoms with Gasteiger partial charge in [-0.2, -0.15) is 0 Å². The van der Waals surface area contributed by atoms with Gasteiger partial charge >= 0.3 is 0 Å². The van der Waals surface area contributed by atoms with E-state index in [1.807, 2.05) is 12.1 Å². The van der Waals surface area contributed by atoms with Crippen LogP contribution in [0.4, 0.5) is 0 Å². The van der Waals surface area contributed by atoms with Crippen molar-refractivity contribution in [3.63, 3.8) is 0 Å². The van der Waals surface area contributed by atoms with Gasteiger partial charge in [0.2, 0.25) is 10.0 Å². The lowest BCUT2D eigenvalue weighted by atomic mass is 9.92. The number of nitrogens with one attached hydrogen (secondary N) is 2. The van der Waals surface area contributed by atoms with E-state index in [2.05, 4.69) is 21.8 Å². The Morgan fingerprint density at radius 3 is 2.79 bits per heavy atom. The number of aromatic nitrogens is 1. The van der Waals surface area contributed by atoms with Crippen molar-refractivity contribution in [3.8, 4) is 0 Å². The highest BCUT2D eigenvalue weighted by molar-refractivity contribution is 7.89. The Bertz CT molecular complexity index is 1010. The molecule has 4 nitrogen and oxygen atoms in total. The normalized spacial score (nSPS) is 17.8. The second-order valence-electron chi connectivity index (χ2n) is 6.15. The first kappa shape index (κ1) is 15.7.